The molecule has 1 aliphatic rings. The predicted molar refractivity (Wildman–Crippen MR) is 87.7 cm³/mol. The van der Waals surface area contributed by atoms with Crippen molar-refractivity contribution in [1.29, 1.82) is 0 Å². The van der Waals surface area contributed by atoms with E-state index in [0.717, 1.165) is 0 Å². The van der Waals surface area contributed by atoms with Gasteiger partial charge in [-0.25, -0.2) is 4.98 Å². The summed E-state index contributed by atoms with van der Waals surface area (Å²) >= 11 is 0. The van der Waals surface area contributed by atoms with E-state index in [1.807, 2.05) is 0 Å². The van der Waals surface area contributed by atoms with E-state index in [0.29, 0.717) is 32.2 Å². The molecule has 0 radical (unpaired) electrons. The minimum atomic E-state index is -0.768. The van der Waals surface area contributed by atoms with Gasteiger partial charge < -0.3 is 24.6 Å². The molecule has 24 heavy (non-hydrogen) atoms. The number of rotatable bonds is 9. The lowest BCUT2D eigenvalue weighted by molar-refractivity contribution is -0.121. The number of nitrogens with zero attached hydrogens (tertiary/aromatic N) is 2. The highest BCUT2D eigenvalue weighted by molar-refractivity contribution is 6.05. The normalized spacial score (nSPS) is 19.7. The summed E-state index contributed by atoms with van der Waals surface area (Å²) in [6, 6.07) is 1.56. The van der Waals surface area contributed by atoms with Crippen molar-refractivity contribution in [2.24, 2.45) is 4.99 Å². The summed E-state index contributed by atoms with van der Waals surface area (Å²) in [4.78, 5) is 20.1. The highest BCUT2D eigenvalue weighted by Gasteiger charge is 2.36. The smallest absolute Gasteiger partial charge is 0.187 e. The molecule has 1 aromatic rings. The first-order valence-corrected chi connectivity index (χ1v) is 7.69. The summed E-state index contributed by atoms with van der Waals surface area (Å²) < 4.78 is 15.7. The van der Waals surface area contributed by atoms with E-state index >= 15 is 0 Å². The van der Waals surface area contributed by atoms with Crippen LogP contribution in [0.1, 0.15) is 19.5 Å². The van der Waals surface area contributed by atoms with E-state index < -0.39 is 5.54 Å². The van der Waals surface area contributed by atoms with Gasteiger partial charge >= 0.3 is 0 Å². The number of methoxy groups -OCH3 is 1. The molecule has 0 spiro atoms. The van der Waals surface area contributed by atoms with Gasteiger partial charge in [0.05, 0.1) is 26.4 Å². The van der Waals surface area contributed by atoms with Crippen LogP contribution in [-0.4, -0.2) is 67.3 Å². The summed E-state index contributed by atoms with van der Waals surface area (Å²) in [7, 11) is 1.60. The molecule has 0 saturated carbocycles. The number of hydrogen-bond acceptors (Lipinski definition) is 8. The van der Waals surface area contributed by atoms with Gasteiger partial charge in [0.25, 0.3) is 0 Å². The Morgan fingerprint density at radius 1 is 1.38 bits per heavy atom. The van der Waals surface area contributed by atoms with Crippen molar-refractivity contribution in [3.05, 3.63) is 18.0 Å². The summed E-state index contributed by atoms with van der Waals surface area (Å²) in [5, 5.41) is 13.4. The molecule has 1 unspecified atom stereocenters. The second kappa shape index (κ2) is 8.07. The van der Waals surface area contributed by atoms with Crippen LogP contribution >= 0.6 is 0 Å². The van der Waals surface area contributed by atoms with E-state index in [1.165, 1.54) is 13.1 Å². The lowest BCUT2D eigenvalue weighted by atomic mass is 9.99. The van der Waals surface area contributed by atoms with Crippen LogP contribution in [0.2, 0.25) is 0 Å². The molecule has 2 N–H and O–H groups in total. The standard InChI is InChI=1S/C16H23N3O5/c1-11(20)16(2)10-18-15(19-16)13-14(21)12(4-5-17-13)24-9-8-23-7-6-22-3/h4-5,21H,6-10H2,1-3H3,(H,18,19). The van der Waals surface area contributed by atoms with Crippen LogP contribution in [0.3, 0.4) is 0 Å². The minimum absolute atomic E-state index is 0.0265. The SMILES string of the molecule is COCCOCCOc1ccnc(C2=NCC(C)(C(C)=O)N2)c1O. The molecule has 0 aromatic carbocycles. The van der Waals surface area contributed by atoms with Crippen molar-refractivity contribution in [3.63, 3.8) is 0 Å². The van der Waals surface area contributed by atoms with Gasteiger partial charge in [-0.3, -0.25) is 9.79 Å². The molecular formula is C16H23N3O5. The zero-order valence-electron chi connectivity index (χ0n) is 14.2. The monoisotopic (exact) mass is 337 g/mol. The topological polar surface area (TPSA) is 102 Å². The maximum absolute atomic E-state index is 11.7. The van der Waals surface area contributed by atoms with Crippen LogP contribution < -0.4 is 10.1 Å². The number of ketones is 1. The highest BCUT2D eigenvalue weighted by Crippen LogP contribution is 2.29. The molecule has 1 aromatic heterocycles. The van der Waals surface area contributed by atoms with Crippen LogP contribution in [0.4, 0.5) is 0 Å². The Hall–Kier alpha value is -2.19. The number of nitrogens with one attached hydrogen (secondary N) is 1. The highest BCUT2D eigenvalue weighted by atomic mass is 16.5. The number of aromatic hydroxyl groups is 1. The first-order chi connectivity index (χ1) is 11.5. The van der Waals surface area contributed by atoms with E-state index in [9.17, 15) is 9.90 Å². The fraction of sp³-hybridized carbons (Fsp3) is 0.562. The van der Waals surface area contributed by atoms with E-state index in [4.69, 9.17) is 14.2 Å². The summed E-state index contributed by atoms with van der Waals surface area (Å²) in [5.41, 5.74) is -0.507. The van der Waals surface area contributed by atoms with Gasteiger partial charge in [-0.05, 0) is 13.8 Å². The molecule has 0 amide bonds. The number of Topliss-reactive ketones (excluding diaryl/α,β-unsaturated/α-hetero) is 1. The third-order valence-electron chi connectivity index (χ3n) is 3.75. The summed E-state index contributed by atoms with van der Waals surface area (Å²) in [6.45, 7) is 5.23. The molecule has 2 rings (SSSR count). The predicted octanol–water partition coefficient (Wildman–Crippen LogP) is 0.526. The lowest BCUT2D eigenvalue weighted by Crippen LogP contribution is -2.49. The Bertz CT molecular complexity index is 620. The number of amidine groups is 1. The Morgan fingerprint density at radius 2 is 2.12 bits per heavy atom. The van der Waals surface area contributed by atoms with Gasteiger partial charge in [0.15, 0.2) is 28.8 Å². The van der Waals surface area contributed by atoms with Crippen LogP contribution in [0, 0.1) is 0 Å². The second-order valence-electron chi connectivity index (χ2n) is 5.64. The van der Waals surface area contributed by atoms with E-state index in [1.54, 1.807) is 20.1 Å². The van der Waals surface area contributed by atoms with Gasteiger partial charge in [-0.15, -0.1) is 0 Å². The molecule has 1 atom stereocenters. The summed E-state index contributed by atoms with van der Waals surface area (Å²) in [6.07, 6.45) is 1.52. The van der Waals surface area contributed by atoms with Crippen LogP contribution in [0.15, 0.2) is 17.3 Å². The third-order valence-corrected chi connectivity index (χ3v) is 3.75. The van der Waals surface area contributed by atoms with Crippen LogP contribution in [0.5, 0.6) is 11.5 Å². The van der Waals surface area contributed by atoms with Crippen molar-refractivity contribution in [2.75, 3.05) is 40.1 Å². The van der Waals surface area contributed by atoms with Gasteiger partial charge in [0, 0.05) is 19.4 Å². The first-order valence-electron chi connectivity index (χ1n) is 7.69. The third kappa shape index (κ3) is 4.21. The Kier molecular flexibility index (Phi) is 6.10. The molecule has 0 bridgehead atoms. The lowest BCUT2D eigenvalue weighted by Gasteiger charge is -2.21. The first kappa shape index (κ1) is 18.2. The van der Waals surface area contributed by atoms with Gasteiger partial charge in [0.1, 0.15) is 12.1 Å². The maximum Gasteiger partial charge on any atom is 0.187 e. The van der Waals surface area contributed by atoms with E-state index in [2.05, 4.69) is 15.3 Å². The maximum atomic E-state index is 11.7. The average Bonchev–Trinajstić information content (AvgIpc) is 2.96. The number of carbonyl (C=O) groups excluding carboxylic acids is 1. The molecular weight excluding hydrogens is 314 g/mol. The van der Waals surface area contributed by atoms with Crippen molar-refractivity contribution >= 4 is 11.6 Å². The number of aliphatic imine (C=N–C) groups is 1. The van der Waals surface area contributed by atoms with Crippen molar-refractivity contribution in [2.45, 2.75) is 19.4 Å². The van der Waals surface area contributed by atoms with Crippen LogP contribution in [0.25, 0.3) is 0 Å². The molecule has 1 aliphatic heterocycles. The molecule has 2 heterocycles. The number of aromatic nitrogens is 1. The zero-order chi connectivity index (χ0) is 17.6. The minimum Gasteiger partial charge on any atom is -0.503 e. The van der Waals surface area contributed by atoms with Crippen molar-refractivity contribution in [1.82, 2.24) is 10.3 Å². The fourth-order valence-corrected chi connectivity index (χ4v) is 2.09. The van der Waals surface area contributed by atoms with Gasteiger partial charge in [0.2, 0.25) is 0 Å². The Labute approximate surface area is 140 Å². The Morgan fingerprint density at radius 3 is 2.79 bits per heavy atom. The summed E-state index contributed by atoms with van der Waals surface area (Å²) in [5.74, 6) is 0.526. The quantitative estimate of drug-likeness (QED) is 0.634. The molecule has 132 valence electrons. The number of carbonyl (C=O) groups is 1. The average molecular weight is 337 g/mol. The number of hydrogen-bond donors (Lipinski definition) is 2. The van der Waals surface area contributed by atoms with Crippen molar-refractivity contribution < 1.29 is 24.1 Å². The van der Waals surface area contributed by atoms with Gasteiger partial charge in [-0.1, -0.05) is 0 Å². The molecule has 8 heteroatoms. The van der Waals surface area contributed by atoms with Gasteiger partial charge in [-0.2, -0.15) is 0 Å². The Balaban J connectivity index is 1.97. The molecule has 8 nitrogen and oxygen atoms in total. The van der Waals surface area contributed by atoms with Crippen LogP contribution in [-0.2, 0) is 14.3 Å². The number of ether oxygens (including phenoxy) is 3. The molecule has 0 saturated heterocycles. The van der Waals surface area contributed by atoms with Crippen molar-refractivity contribution in [3.8, 4) is 11.5 Å². The zero-order valence-corrected chi connectivity index (χ0v) is 14.2. The molecule has 0 fully saturated rings. The fourth-order valence-electron chi connectivity index (χ4n) is 2.09. The number of pyridine rings is 1. The largest absolute Gasteiger partial charge is 0.503 e. The van der Waals surface area contributed by atoms with E-state index in [-0.39, 0.29) is 29.6 Å². The second-order valence-corrected chi connectivity index (χ2v) is 5.64. The molecule has 0 aliphatic carbocycles.